The highest BCUT2D eigenvalue weighted by Gasteiger charge is 2.24. The van der Waals surface area contributed by atoms with Crippen LogP contribution in [0.4, 0.5) is 0 Å². The fourth-order valence-electron chi connectivity index (χ4n) is 3.10. The lowest BCUT2D eigenvalue weighted by Crippen LogP contribution is -2.48. The number of aliphatic hydroxyl groups excluding tert-OH is 2. The van der Waals surface area contributed by atoms with Crippen LogP contribution in [0.3, 0.4) is 0 Å². The van der Waals surface area contributed by atoms with Crippen molar-refractivity contribution in [2.24, 2.45) is 0 Å². The molecule has 0 saturated carbocycles. The van der Waals surface area contributed by atoms with Crippen molar-refractivity contribution < 1.29 is 14.9 Å². The summed E-state index contributed by atoms with van der Waals surface area (Å²) < 4.78 is 5.35. The van der Waals surface area contributed by atoms with Gasteiger partial charge < -0.3 is 20.3 Å². The summed E-state index contributed by atoms with van der Waals surface area (Å²) in [5, 5.41) is 22.2. The number of methoxy groups -OCH3 is 1. The Kier molecular flexibility index (Phi) is 7.78. The molecule has 1 aliphatic heterocycles. The third-order valence-electron chi connectivity index (χ3n) is 4.33. The van der Waals surface area contributed by atoms with Crippen LogP contribution >= 0.6 is 0 Å². The summed E-state index contributed by atoms with van der Waals surface area (Å²) in [6, 6.07) is 8.21. The minimum atomic E-state index is 0.0853. The SMILES string of the molecule is COc1cccc(C(CN2CCNCC2)N(CCO)CCO)c1. The molecule has 1 aliphatic rings. The Balaban J connectivity index is 2.20. The Labute approximate surface area is 138 Å². The van der Waals surface area contributed by atoms with E-state index in [2.05, 4.69) is 27.2 Å². The van der Waals surface area contributed by atoms with Crippen LogP contribution in [0.5, 0.6) is 5.75 Å². The van der Waals surface area contributed by atoms with Gasteiger partial charge in [-0.15, -0.1) is 0 Å². The predicted molar refractivity (Wildman–Crippen MR) is 90.8 cm³/mol. The van der Waals surface area contributed by atoms with E-state index in [9.17, 15) is 10.2 Å². The molecule has 1 heterocycles. The fourth-order valence-corrected chi connectivity index (χ4v) is 3.10. The van der Waals surface area contributed by atoms with Gasteiger partial charge in [0.15, 0.2) is 0 Å². The number of rotatable bonds is 9. The first-order valence-electron chi connectivity index (χ1n) is 8.31. The van der Waals surface area contributed by atoms with Gasteiger partial charge in [0, 0.05) is 51.9 Å². The van der Waals surface area contributed by atoms with Crippen molar-refractivity contribution in [2.75, 3.05) is 66.1 Å². The van der Waals surface area contributed by atoms with E-state index in [1.165, 1.54) is 0 Å². The second-order valence-corrected chi connectivity index (χ2v) is 5.83. The topological polar surface area (TPSA) is 68.2 Å². The van der Waals surface area contributed by atoms with Gasteiger partial charge in [0.05, 0.1) is 20.3 Å². The first kappa shape index (κ1) is 18.2. The smallest absolute Gasteiger partial charge is 0.119 e. The van der Waals surface area contributed by atoms with E-state index in [-0.39, 0.29) is 19.3 Å². The van der Waals surface area contributed by atoms with Crippen LogP contribution in [0.15, 0.2) is 24.3 Å². The molecule has 1 unspecified atom stereocenters. The van der Waals surface area contributed by atoms with Crippen LogP contribution in [0.25, 0.3) is 0 Å². The van der Waals surface area contributed by atoms with Crippen LogP contribution in [0.1, 0.15) is 11.6 Å². The summed E-state index contributed by atoms with van der Waals surface area (Å²) in [5.41, 5.74) is 1.16. The molecule has 1 aromatic carbocycles. The van der Waals surface area contributed by atoms with Gasteiger partial charge in [-0.25, -0.2) is 0 Å². The Bertz CT molecular complexity index is 446. The minimum absolute atomic E-state index is 0.0853. The molecular weight excluding hydrogens is 294 g/mol. The molecule has 0 amide bonds. The molecule has 1 atom stereocenters. The quantitative estimate of drug-likeness (QED) is 0.591. The van der Waals surface area contributed by atoms with Gasteiger partial charge in [0.25, 0.3) is 0 Å². The van der Waals surface area contributed by atoms with Crippen LogP contribution in [-0.2, 0) is 0 Å². The van der Waals surface area contributed by atoms with Crippen molar-refractivity contribution in [3.05, 3.63) is 29.8 Å². The highest BCUT2D eigenvalue weighted by molar-refractivity contribution is 5.31. The van der Waals surface area contributed by atoms with E-state index >= 15 is 0 Å². The van der Waals surface area contributed by atoms with E-state index in [1.807, 2.05) is 12.1 Å². The molecule has 1 aromatic rings. The van der Waals surface area contributed by atoms with Crippen molar-refractivity contribution in [1.82, 2.24) is 15.1 Å². The molecule has 6 heteroatoms. The molecular formula is C17H29N3O3. The number of benzene rings is 1. The zero-order chi connectivity index (χ0) is 16.5. The van der Waals surface area contributed by atoms with E-state index in [1.54, 1.807) is 7.11 Å². The van der Waals surface area contributed by atoms with Crippen molar-refractivity contribution in [1.29, 1.82) is 0 Å². The van der Waals surface area contributed by atoms with Crippen LogP contribution in [0, 0.1) is 0 Å². The summed E-state index contributed by atoms with van der Waals surface area (Å²) in [6.45, 7) is 6.21. The molecule has 0 spiro atoms. The first-order chi connectivity index (χ1) is 11.3. The molecule has 0 bridgehead atoms. The Morgan fingerprint density at radius 2 is 1.91 bits per heavy atom. The van der Waals surface area contributed by atoms with Crippen molar-refractivity contribution in [3.8, 4) is 5.75 Å². The summed E-state index contributed by atoms with van der Waals surface area (Å²) in [5.74, 6) is 0.834. The Morgan fingerprint density at radius 3 is 2.52 bits per heavy atom. The lowest BCUT2D eigenvalue weighted by atomic mass is 10.0. The molecule has 0 radical (unpaired) electrons. The fraction of sp³-hybridized carbons (Fsp3) is 0.647. The summed E-state index contributed by atoms with van der Waals surface area (Å²) in [4.78, 5) is 4.58. The molecule has 23 heavy (non-hydrogen) atoms. The number of hydrogen-bond acceptors (Lipinski definition) is 6. The lowest BCUT2D eigenvalue weighted by Gasteiger charge is -2.37. The van der Waals surface area contributed by atoms with E-state index in [0.717, 1.165) is 44.0 Å². The third-order valence-corrected chi connectivity index (χ3v) is 4.33. The molecule has 0 aromatic heterocycles. The monoisotopic (exact) mass is 323 g/mol. The summed E-state index contributed by atoms with van der Waals surface area (Å²) in [7, 11) is 1.67. The minimum Gasteiger partial charge on any atom is -0.497 e. The van der Waals surface area contributed by atoms with Gasteiger partial charge in [-0.05, 0) is 17.7 Å². The summed E-state index contributed by atoms with van der Waals surface area (Å²) in [6.07, 6.45) is 0. The van der Waals surface area contributed by atoms with Gasteiger partial charge in [-0.2, -0.15) is 0 Å². The van der Waals surface area contributed by atoms with Crippen LogP contribution in [-0.4, -0.2) is 86.1 Å². The van der Waals surface area contributed by atoms with E-state index < -0.39 is 0 Å². The first-order valence-corrected chi connectivity index (χ1v) is 8.31. The summed E-state index contributed by atoms with van der Waals surface area (Å²) >= 11 is 0. The van der Waals surface area contributed by atoms with E-state index in [0.29, 0.717) is 13.1 Å². The normalized spacial score (nSPS) is 17.4. The molecule has 1 saturated heterocycles. The van der Waals surface area contributed by atoms with Crippen LogP contribution < -0.4 is 10.1 Å². The average Bonchev–Trinajstić information content (AvgIpc) is 2.60. The van der Waals surface area contributed by atoms with Crippen molar-refractivity contribution >= 4 is 0 Å². The van der Waals surface area contributed by atoms with Crippen molar-refractivity contribution in [2.45, 2.75) is 6.04 Å². The molecule has 6 nitrogen and oxygen atoms in total. The molecule has 1 fully saturated rings. The molecule has 2 rings (SSSR count). The maximum Gasteiger partial charge on any atom is 0.119 e. The molecule has 130 valence electrons. The molecule has 3 N–H and O–H groups in total. The predicted octanol–water partition coefficient (Wildman–Crippen LogP) is -0.0719. The maximum atomic E-state index is 9.39. The number of ether oxygens (including phenoxy) is 1. The number of aliphatic hydroxyl groups is 2. The Hall–Kier alpha value is -1.18. The average molecular weight is 323 g/mol. The zero-order valence-corrected chi connectivity index (χ0v) is 13.9. The number of piperazine rings is 1. The number of nitrogens with zero attached hydrogens (tertiary/aromatic N) is 2. The Morgan fingerprint density at radius 1 is 1.22 bits per heavy atom. The zero-order valence-electron chi connectivity index (χ0n) is 13.9. The van der Waals surface area contributed by atoms with Crippen molar-refractivity contribution in [3.63, 3.8) is 0 Å². The highest BCUT2D eigenvalue weighted by atomic mass is 16.5. The highest BCUT2D eigenvalue weighted by Crippen LogP contribution is 2.25. The van der Waals surface area contributed by atoms with E-state index in [4.69, 9.17) is 4.74 Å². The second-order valence-electron chi connectivity index (χ2n) is 5.83. The van der Waals surface area contributed by atoms with Gasteiger partial charge in [0.1, 0.15) is 5.75 Å². The number of nitrogens with one attached hydrogen (secondary N) is 1. The van der Waals surface area contributed by atoms with Gasteiger partial charge in [0.2, 0.25) is 0 Å². The van der Waals surface area contributed by atoms with Gasteiger partial charge >= 0.3 is 0 Å². The van der Waals surface area contributed by atoms with Gasteiger partial charge in [-0.3, -0.25) is 9.80 Å². The standard InChI is InChI=1S/C17H29N3O3/c1-23-16-4-2-3-15(13-16)17(20(9-11-21)10-12-22)14-19-7-5-18-6-8-19/h2-4,13,17-18,21-22H,5-12,14H2,1H3. The second kappa shape index (κ2) is 9.85. The number of hydrogen-bond donors (Lipinski definition) is 3. The third kappa shape index (κ3) is 5.44. The maximum absolute atomic E-state index is 9.39. The lowest BCUT2D eigenvalue weighted by molar-refractivity contribution is 0.0903. The van der Waals surface area contributed by atoms with Gasteiger partial charge in [-0.1, -0.05) is 12.1 Å². The molecule has 0 aliphatic carbocycles. The van der Waals surface area contributed by atoms with Crippen LogP contribution in [0.2, 0.25) is 0 Å². The largest absolute Gasteiger partial charge is 0.497 e.